The summed E-state index contributed by atoms with van der Waals surface area (Å²) in [7, 11) is 0. The molecule has 0 aliphatic rings. The van der Waals surface area contributed by atoms with Gasteiger partial charge < -0.3 is 0 Å². The molecule has 42 heavy (non-hydrogen) atoms. The number of alkyl halides is 1. The van der Waals surface area contributed by atoms with Crippen molar-refractivity contribution >= 4 is 11.6 Å². The smallest absolute Gasteiger partial charge is 0.0474 e. The van der Waals surface area contributed by atoms with Gasteiger partial charge in [0, 0.05) is 5.88 Å². The van der Waals surface area contributed by atoms with Crippen molar-refractivity contribution < 1.29 is 0 Å². The van der Waals surface area contributed by atoms with Crippen molar-refractivity contribution in [3.63, 3.8) is 0 Å². The lowest BCUT2D eigenvalue weighted by atomic mass is 9.76. The van der Waals surface area contributed by atoms with Gasteiger partial charge in [-0.15, -0.1) is 11.6 Å². The van der Waals surface area contributed by atoms with Crippen molar-refractivity contribution in [1.82, 2.24) is 0 Å². The summed E-state index contributed by atoms with van der Waals surface area (Å²) in [4.78, 5) is 0. The molecule has 4 aromatic rings. The minimum Gasteiger partial charge on any atom is -0.122 e. The fourth-order valence-electron chi connectivity index (χ4n) is 5.49. The summed E-state index contributed by atoms with van der Waals surface area (Å²) in [6.07, 6.45) is 3.41. The molecule has 0 N–H and O–H groups in total. The zero-order valence-electron chi connectivity index (χ0n) is 27.9. The van der Waals surface area contributed by atoms with E-state index in [4.69, 9.17) is 11.6 Å². The maximum atomic E-state index is 6.11. The molecule has 4 aromatic carbocycles. The van der Waals surface area contributed by atoms with Crippen LogP contribution in [0.1, 0.15) is 132 Å². The van der Waals surface area contributed by atoms with Crippen molar-refractivity contribution in [1.29, 1.82) is 0 Å². The Morgan fingerprint density at radius 2 is 0.810 bits per heavy atom. The molecule has 4 rings (SSSR count). The molecule has 0 spiro atoms. The van der Waals surface area contributed by atoms with Crippen molar-refractivity contribution in [3.8, 4) is 0 Å². The second kappa shape index (κ2) is 21.8. The average Bonchev–Trinajstić information content (AvgIpc) is 3.08. The first-order valence-electron chi connectivity index (χ1n) is 16.3. The van der Waals surface area contributed by atoms with Gasteiger partial charge in [0.05, 0.1) is 0 Å². The molecule has 228 valence electrons. The van der Waals surface area contributed by atoms with E-state index in [-0.39, 0.29) is 0 Å². The Kier molecular flexibility index (Phi) is 19.3. The Morgan fingerprint density at radius 1 is 0.452 bits per heavy atom. The fourth-order valence-corrected chi connectivity index (χ4v) is 5.66. The zero-order valence-corrected chi connectivity index (χ0v) is 28.7. The van der Waals surface area contributed by atoms with Gasteiger partial charge in [-0.1, -0.05) is 170 Å². The molecule has 0 aliphatic carbocycles. The number of hydrogen-bond donors (Lipinski definition) is 0. The van der Waals surface area contributed by atoms with E-state index < -0.39 is 0 Å². The molecule has 0 aliphatic heterocycles. The summed E-state index contributed by atoms with van der Waals surface area (Å²) in [6, 6.07) is 40.2. The first-order valence-corrected chi connectivity index (χ1v) is 16.9. The van der Waals surface area contributed by atoms with Crippen LogP contribution in [-0.4, -0.2) is 0 Å². The Balaban J connectivity index is 0.00000138. The molecule has 1 heteroatoms. The molecule has 4 atom stereocenters. The van der Waals surface area contributed by atoms with E-state index in [1.807, 2.05) is 41.5 Å². The maximum absolute atomic E-state index is 6.11. The second-order valence-corrected chi connectivity index (χ2v) is 10.8. The van der Waals surface area contributed by atoms with Crippen LogP contribution in [0.2, 0.25) is 0 Å². The van der Waals surface area contributed by atoms with E-state index in [1.54, 1.807) is 0 Å². The highest BCUT2D eigenvalue weighted by Gasteiger charge is 2.24. The molecule has 0 heterocycles. The van der Waals surface area contributed by atoms with Gasteiger partial charge in [-0.2, -0.15) is 0 Å². The summed E-state index contributed by atoms with van der Waals surface area (Å²) in [6.45, 7) is 18.9. The van der Waals surface area contributed by atoms with Crippen LogP contribution in [0.3, 0.4) is 0 Å². The minimum atomic E-state index is 0.472. The molecular formula is C41H57Cl. The van der Waals surface area contributed by atoms with Crippen LogP contribution in [0.5, 0.6) is 0 Å². The van der Waals surface area contributed by atoms with E-state index in [0.717, 1.165) is 19.3 Å². The van der Waals surface area contributed by atoms with E-state index in [0.29, 0.717) is 29.6 Å². The molecule has 0 bridgehead atoms. The standard InChI is InChI=1S/C35H39Cl.3C2H6/c1-26-14-18-31(19-15-26)28(3)23-34(32-12-8-5-9-13-32)24-35(33-20-16-29(25-36)17-21-33)22-27(2)30-10-6-4-7-11-30;3*1-2/h4-21,27-28,34-35H,22-25H2,1-3H3;3*1-2H3. The SMILES string of the molecule is CC.CC.CC.Cc1ccc(C(C)CC(CC(CC(C)c2ccccc2)c2ccc(CCl)cc2)c2ccccc2)cc1. The van der Waals surface area contributed by atoms with Gasteiger partial charge in [0.15, 0.2) is 0 Å². The van der Waals surface area contributed by atoms with Crippen molar-refractivity contribution in [2.24, 2.45) is 0 Å². The third-order valence-corrected chi connectivity index (χ3v) is 8.05. The summed E-state index contributed by atoms with van der Waals surface area (Å²) < 4.78 is 0. The van der Waals surface area contributed by atoms with Crippen LogP contribution >= 0.6 is 11.6 Å². The highest BCUT2D eigenvalue weighted by Crippen LogP contribution is 2.41. The van der Waals surface area contributed by atoms with Crippen LogP contribution in [0.15, 0.2) is 109 Å². The lowest BCUT2D eigenvalue weighted by Crippen LogP contribution is -2.12. The number of aryl methyl sites for hydroxylation is 1. The van der Waals surface area contributed by atoms with Gasteiger partial charge in [0.2, 0.25) is 0 Å². The Hall–Kier alpha value is -2.83. The molecule has 0 saturated heterocycles. The molecule has 0 fully saturated rings. The monoisotopic (exact) mass is 584 g/mol. The number of benzene rings is 4. The van der Waals surface area contributed by atoms with Crippen molar-refractivity contribution in [2.75, 3.05) is 0 Å². The van der Waals surface area contributed by atoms with E-state index in [9.17, 15) is 0 Å². The average molecular weight is 585 g/mol. The van der Waals surface area contributed by atoms with Gasteiger partial charge in [0.25, 0.3) is 0 Å². The first-order chi connectivity index (χ1) is 20.5. The molecule has 0 radical (unpaired) electrons. The summed E-state index contributed by atoms with van der Waals surface area (Å²) >= 11 is 6.11. The molecule has 0 aromatic heterocycles. The normalized spacial score (nSPS) is 13.0. The Bertz CT molecular complexity index is 1160. The van der Waals surface area contributed by atoms with Crippen LogP contribution in [0, 0.1) is 6.92 Å². The third-order valence-electron chi connectivity index (χ3n) is 7.74. The van der Waals surface area contributed by atoms with Crippen LogP contribution in [-0.2, 0) is 5.88 Å². The van der Waals surface area contributed by atoms with Gasteiger partial charge in [-0.05, 0) is 77.7 Å². The number of rotatable bonds is 11. The quantitative estimate of drug-likeness (QED) is 0.154. The number of halogens is 1. The number of hydrogen-bond acceptors (Lipinski definition) is 0. The van der Waals surface area contributed by atoms with Crippen LogP contribution < -0.4 is 0 Å². The summed E-state index contributed by atoms with van der Waals surface area (Å²) in [5.74, 6) is 2.52. The Morgan fingerprint density at radius 3 is 1.24 bits per heavy atom. The van der Waals surface area contributed by atoms with Gasteiger partial charge >= 0.3 is 0 Å². The van der Waals surface area contributed by atoms with Crippen molar-refractivity contribution in [2.45, 2.75) is 111 Å². The first kappa shape index (κ1) is 37.2. The van der Waals surface area contributed by atoms with E-state index >= 15 is 0 Å². The van der Waals surface area contributed by atoms with Gasteiger partial charge in [-0.3, -0.25) is 0 Å². The highest BCUT2D eigenvalue weighted by atomic mass is 35.5. The molecule has 0 amide bonds. The summed E-state index contributed by atoms with van der Waals surface area (Å²) in [5.41, 5.74) is 8.23. The summed E-state index contributed by atoms with van der Waals surface area (Å²) in [5, 5.41) is 0. The predicted molar refractivity (Wildman–Crippen MR) is 190 cm³/mol. The van der Waals surface area contributed by atoms with E-state index in [2.05, 4.69) is 130 Å². The fraction of sp³-hybridized carbons (Fsp3) is 0.415. The van der Waals surface area contributed by atoms with Crippen LogP contribution in [0.4, 0.5) is 0 Å². The third kappa shape index (κ3) is 12.2. The lowest BCUT2D eigenvalue weighted by molar-refractivity contribution is 0.440. The predicted octanol–water partition coefficient (Wildman–Crippen LogP) is 13.5. The largest absolute Gasteiger partial charge is 0.122 e. The van der Waals surface area contributed by atoms with Gasteiger partial charge in [0.1, 0.15) is 0 Å². The topological polar surface area (TPSA) is 0 Å². The maximum Gasteiger partial charge on any atom is 0.0474 e. The molecule has 4 unspecified atom stereocenters. The van der Waals surface area contributed by atoms with Crippen molar-refractivity contribution in [3.05, 3.63) is 143 Å². The van der Waals surface area contributed by atoms with Crippen LogP contribution in [0.25, 0.3) is 0 Å². The highest BCUT2D eigenvalue weighted by molar-refractivity contribution is 6.17. The van der Waals surface area contributed by atoms with Gasteiger partial charge in [-0.25, -0.2) is 0 Å². The molecular weight excluding hydrogens is 528 g/mol. The zero-order chi connectivity index (χ0) is 31.3. The Labute approximate surface area is 264 Å². The minimum absolute atomic E-state index is 0.472. The lowest BCUT2D eigenvalue weighted by Gasteiger charge is -2.29. The second-order valence-electron chi connectivity index (χ2n) is 10.5. The molecule has 0 nitrogen and oxygen atoms in total. The van der Waals surface area contributed by atoms with E-state index in [1.165, 1.54) is 33.4 Å². The molecule has 0 saturated carbocycles.